The lowest BCUT2D eigenvalue weighted by Gasteiger charge is -2.35. The Balaban J connectivity index is 2.10. The van der Waals surface area contributed by atoms with Crippen LogP contribution in [0.15, 0.2) is 35.4 Å². The number of carbonyl (C=O) groups is 1. The minimum Gasteiger partial charge on any atom is -0.481 e. The van der Waals surface area contributed by atoms with Crippen LogP contribution in [0.3, 0.4) is 0 Å². The molecule has 0 radical (unpaired) electrons. The first-order chi connectivity index (χ1) is 11.7. The minimum atomic E-state index is -3.85. The molecular formula is C17H19ClN2O4S. The molecule has 1 aliphatic heterocycles. The van der Waals surface area contributed by atoms with E-state index in [1.807, 2.05) is 10.8 Å². The van der Waals surface area contributed by atoms with Gasteiger partial charge in [-0.1, -0.05) is 11.6 Å². The van der Waals surface area contributed by atoms with E-state index in [0.717, 1.165) is 0 Å². The van der Waals surface area contributed by atoms with Gasteiger partial charge in [0.05, 0.1) is 17.4 Å². The van der Waals surface area contributed by atoms with Crippen molar-refractivity contribution in [3.05, 3.63) is 52.3 Å². The van der Waals surface area contributed by atoms with Crippen molar-refractivity contribution in [3.8, 4) is 0 Å². The Morgan fingerprint density at radius 1 is 1.28 bits per heavy atom. The number of aliphatic carboxylic acids is 1. The third-order valence-corrected chi connectivity index (χ3v) is 6.98. The molecule has 134 valence electrons. The van der Waals surface area contributed by atoms with Gasteiger partial charge in [-0.2, -0.15) is 4.31 Å². The minimum absolute atomic E-state index is 0.171. The number of fused-ring (bicyclic) bond motifs is 1. The molecule has 0 fully saturated rings. The van der Waals surface area contributed by atoms with Gasteiger partial charge in [0.1, 0.15) is 0 Å². The second kappa shape index (κ2) is 6.48. The van der Waals surface area contributed by atoms with Crippen LogP contribution in [-0.4, -0.2) is 34.9 Å². The van der Waals surface area contributed by atoms with Gasteiger partial charge in [0, 0.05) is 30.0 Å². The van der Waals surface area contributed by atoms with E-state index < -0.39 is 22.0 Å². The predicted octanol–water partition coefficient (Wildman–Crippen LogP) is 2.98. The van der Waals surface area contributed by atoms with Gasteiger partial charge in [-0.3, -0.25) is 4.79 Å². The van der Waals surface area contributed by atoms with E-state index in [1.165, 1.54) is 4.31 Å². The first-order valence-corrected chi connectivity index (χ1v) is 9.69. The van der Waals surface area contributed by atoms with E-state index in [0.29, 0.717) is 28.4 Å². The molecule has 0 saturated heterocycles. The summed E-state index contributed by atoms with van der Waals surface area (Å²) in [4.78, 5) is 11.5. The molecule has 0 saturated carbocycles. The second-order valence-corrected chi connectivity index (χ2v) is 8.49. The number of benzene rings is 1. The highest BCUT2D eigenvalue weighted by molar-refractivity contribution is 7.89. The van der Waals surface area contributed by atoms with Gasteiger partial charge in [-0.25, -0.2) is 8.42 Å². The molecule has 1 aromatic carbocycles. The molecule has 8 heteroatoms. The maximum atomic E-state index is 13.3. The van der Waals surface area contributed by atoms with Crippen LogP contribution in [0.25, 0.3) is 0 Å². The molecule has 0 amide bonds. The zero-order chi connectivity index (χ0) is 18.4. The lowest BCUT2D eigenvalue weighted by Crippen LogP contribution is -2.42. The fourth-order valence-electron chi connectivity index (χ4n) is 3.26. The number of halogens is 1. The van der Waals surface area contributed by atoms with E-state index in [9.17, 15) is 18.3 Å². The summed E-state index contributed by atoms with van der Waals surface area (Å²) in [7, 11) is -3.85. The van der Waals surface area contributed by atoms with Crippen molar-refractivity contribution < 1.29 is 18.3 Å². The third kappa shape index (κ3) is 3.19. The number of hydrogen-bond donors (Lipinski definition) is 1. The highest BCUT2D eigenvalue weighted by Gasteiger charge is 2.38. The highest BCUT2D eigenvalue weighted by atomic mass is 35.5. The zero-order valence-electron chi connectivity index (χ0n) is 13.9. The van der Waals surface area contributed by atoms with Gasteiger partial charge in [0.2, 0.25) is 10.0 Å². The SMILES string of the molecule is Cc1cc(S(=O)(=O)N2CCn3cccc3C2CC(=O)O)c(C)cc1Cl. The number of sulfonamides is 1. The predicted molar refractivity (Wildman–Crippen MR) is 94.2 cm³/mol. The lowest BCUT2D eigenvalue weighted by molar-refractivity contribution is -0.138. The summed E-state index contributed by atoms with van der Waals surface area (Å²) >= 11 is 6.08. The second-order valence-electron chi connectivity index (χ2n) is 6.22. The quantitative estimate of drug-likeness (QED) is 0.881. The Bertz CT molecular complexity index is 936. The molecule has 2 aromatic rings. The molecule has 0 bridgehead atoms. The molecule has 0 spiro atoms. The van der Waals surface area contributed by atoms with Crippen LogP contribution < -0.4 is 0 Å². The Morgan fingerprint density at radius 3 is 2.68 bits per heavy atom. The van der Waals surface area contributed by atoms with Crippen molar-refractivity contribution in [1.29, 1.82) is 0 Å². The van der Waals surface area contributed by atoms with Crippen LogP contribution >= 0.6 is 11.6 Å². The number of carboxylic acid groups (broad SMARTS) is 1. The van der Waals surface area contributed by atoms with E-state index in [1.54, 1.807) is 38.1 Å². The van der Waals surface area contributed by atoms with Crippen LogP contribution in [0.4, 0.5) is 0 Å². The molecule has 3 rings (SSSR count). The number of aryl methyl sites for hydroxylation is 2. The average molecular weight is 383 g/mol. The average Bonchev–Trinajstić information content (AvgIpc) is 2.99. The van der Waals surface area contributed by atoms with Crippen molar-refractivity contribution in [2.45, 2.75) is 37.8 Å². The Morgan fingerprint density at radius 2 is 2.00 bits per heavy atom. The molecule has 0 aliphatic carbocycles. The highest BCUT2D eigenvalue weighted by Crippen LogP contribution is 2.35. The van der Waals surface area contributed by atoms with Gasteiger partial charge in [0.25, 0.3) is 0 Å². The van der Waals surface area contributed by atoms with Gasteiger partial charge >= 0.3 is 5.97 Å². The molecule has 1 aromatic heterocycles. The summed E-state index contributed by atoms with van der Waals surface area (Å²) < 4.78 is 29.8. The van der Waals surface area contributed by atoms with Gasteiger partial charge in [0.15, 0.2) is 0 Å². The Kier molecular flexibility index (Phi) is 4.66. The van der Waals surface area contributed by atoms with Crippen LogP contribution in [-0.2, 0) is 21.4 Å². The van der Waals surface area contributed by atoms with Crippen molar-refractivity contribution in [1.82, 2.24) is 8.87 Å². The van der Waals surface area contributed by atoms with E-state index in [2.05, 4.69) is 0 Å². The number of nitrogens with zero attached hydrogens (tertiary/aromatic N) is 2. The number of rotatable bonds is 4. The molecule has 1 unspecified atom stereocenters. The maximum absolute atomic E-state index is 13.3. The lowest BCUT2D eigenvalue weighted by atomic mass is 10.1. The third-order valence-electron chi connectivity index (χ3n) is 4.53. The zero-order valence-corrected chi connectivity index (χ0v) is 15.5. The number of carboxylic acids is 1. The van der Waals surface area contributed by atoms with Gasteiger partial charge in [-0.15, -0.1) is 0 Å². The van der Waals surface area contributed by atoms with Crippen molar-refractivity contribution in [2.24, 2.45) is 0 Å². The number of aromatic nitrogens is 1. The molecule has 25 heavy (non-hydrogen) atoms. The molecule has 1 aliphatic rings. The van der Waals surface area contributed by atoms with Crippen LogP contribution in [0.2, 0.25) is 5.02 Å². The fourth-order valence-corrected chi connectivity index (χ4v) is 5.36. The Hall–Kier alpha value is -1.83. The topological polar surface area (TPSA) is 79.6 Å². The molecular weight excluding hydrogens is 364 g/mol. The van der Waals surface area contributed by atoms with E-state index in [-0.39, 0.29) is 17.9 Å². The normalized spacial score (nSPS) is 18.1. The number of hydrogen-bond acceptors (Lipinski definition) is 3. The Labute approximate surface area is 151 Å². The van der Waals surface area contributed by atoms with Crippen LogP contribution in [0, 0.1) is 13.8 Å². The van der Waals surface area contributed by atoms with Crippen molar-refractivity contribution in [2.75, 3.05) is 6.54 Å². The molecule has 6 nitrogen and oxygen atoms in total. The van der Waals surface area contributed by atoms with Crippen molar-refractivity contribution in [3.63, 3.8) is 0 Å². The first-order valence-electron chi connectivity index (χ1n) is 7.87. The molecule has 1 atom stereocenters. The standard InChI is InChI=1S/C17H19ClN2O4S/c1-11-9-16(12(2)8-13(11)18)25(23,24)20-7-6-19-5-3-4-14(19)15(20)10-17(21)22/h3-5,8-9,15H,6-7,10H2,1-2H3,(H,21,22). The summed E-state index contributed by atoms with van der Waals surface area (Å²) in [5.74, 6) is -1.04. The molecule has 2 heterocycles. The monoisotopic (exact) mass is 382 g/mol. The van der Waals surface area contributed by atoms with E-state index >= 15 is 0 Å². The summed E-state index contributed by atoms with van der Waals surface area (Å²) in [5, 5.41) is 9.78. The van der Waals surface area contributed by atoms with Gasteiger partial charge < -0.3 is 9.67 Å². The van der Waals surface area contributed by atoms with Crippen LogP contribution in [0.1, 0.15) is 29.3 Å². The summed E-state index contributed by atoms with van der Waals surface area (Å²) in [6.07, 6.45) is 1.56. The van der Waals surface area contributed by atoms with Gasteiger partial charge in [-0.05, 0) is 49.2 Å². The largest absolute Gasteiger partial charge is 0.481 e. The fraction of sp³-hybridized carbons (Fsp3) is 0.353. The first kappa shape index (κ1) is 18.0. The smallest absolute Gasteiger partial charge is 0.305 e. The van der Waals surface area contributed by atoms with Crippen LogP contribution in [0.5, 0.6) is 0 Å². The summed E-state index contributed by atoms with van der Waals surface area (Å²) in [5.41, 5.74) is 1.91. The van der Waals surface area contributed by atoms with E-state index in [4.69, 9.17) is 11.6 Å². The summed E-state index contributed by atoms with van der Waals surface area (Å²) in [6, 6.07) is 6.02. The summed E-state index contributed by atoms with van der Waals surface area (Å²) in [6.45, 7) is 4.15. The van der Waals surface area contributed by atoms with Crippen molar-refractivity contribution >= 4 is 27.6 Å². The molecule has 1 N–H and O–H groups in total. The maximum Gasteiger partial charge on any atom is 0.305 e.